The van der Waals surface area contributed by atoms with Crippen molar-refractivity contribution >= 4 is 35.0 Å². The number of anilines is 2. The van der Waals surface area contributed by atoms with Crippen molar-refractivity contribution in [2.45, 2.75) is 12.3 Å². The molecular formula is C29H19N3O4. The van der Waals surface area contributed by atoms with Crippen LogP contribution in [0.5, 0.6) is 0 Å². The van der Waals surface area contributed by atoms with Gasteiger partial charge in [-0.1, -0.05) is 36.4 Å². The molecule has 2 aliphatic heterocycles. The van der Waals surface area contributed by atoms with Gasteiger partial charge in [-0.05, 0) is 60.0 Å². The Bertz CT molecular complexity index is 1390. The Morgan fingerprint density at radius 3 is 1.17 bits per heavy atom. The molecule has 0 spiro atoms. The molecule has 7 heteroatoms. The van der Waals surface area contributed by atoms with Crippen LogP contribution in [-0.2, 0) is 24.6 Å². The van der Waals surface area contributed by atoms with Gasteiger partial charge in [0, 0.05) is 29.7 Å². The lowest BCUT2D eigenvalue weighted by atomic mass is 9.71. The number of benzene rings is 3. The van der Waals surface area contributed by atoms with E-state index in [0.717, 1.165) is 26.5 Å². The van der Waals surface area contributed by atoms with Gasteiger partial charge in [0.2, 0.25) is 0 Å². The number of nitriles is 1. The zero-order valence-corrected chi connectivity index (χ0v) is 19.2. The van der Waals surface area contributed by atoms with Crippen LogP contribution >= 0.6 is 0 Å². The molecule has 2 aliphatic rings. The van der Waals surface area contributed by atoms with Crippen molar-refractivity contribution in [1.29, 1.82) is 5.26 Å². The van der Waals surface area contributed by atoms with Crippen molar-refractivity contribution in [2.75, 3.05) is 9.80 Å². The number of carbonyl (C=O) groups excluding carboxylic acids is 4. The molecule has 3 aromatic rings. The van der Waals surface area contributed by atoms with Crippen molar-refractivity contribution in [1.82, 2.24) is 0 Å². The Morgan fingerprint density at radius 2 is 0.861 bits per heavy atom. The maximum absolute atomic E-state index is 12.1. The Morgan fingerprint density at radius 1 is 0.556 bits per heavy atom. The minimum atomic E-state index is -0.695. The molecular weight excluding hydrogens is 454 g/mol. The van der Waals surface area contributed by atoms with Gasteiger partial charge in [0.25, 0.3) is 23.6 Å². The van der Waals surface area contributed by atoms with Crippen molar-refractivity contribution in [3.05, 3.63) is 119 Å². The number of imide groups is 2. The Labute approximate surface area is 207 Å². The minimum Gasteiger partial charge on any atom is -0.269 e. The van der Waals surface area contributed by atoms with Crippen molar-refractivity contribution < 1.29 is 19.2 Å². The highest BCUT2D eigenvalue weighted by molar-refractivity contribution is 6.28. The summed E-state index contributed by atoms with van der Waals surface area (Å²) in [4.78, 5) is 50.6. The Hall–Kier alpha value is -5.09. The lowest BCUT2D eigenvalue weighted by Crippen LogP contribution is -2.30. The van der Waals surface area contributed by atoms with Crippen LogP contribution in [0.2, 0.25) is 0 Å². The van der Waals surface area contributed by atoms with Crippen LogP contribution in [-0.4, -0.2) is 23.6 Å². The zero-order valence-electron chi connectivity index (χ0n) is 19.2. The summed E-state index contributed by atoms with van der Waals surface area (Å²) in [5.41, 5.74) is 3.44. The fraction of sp³-hybridized carbons (Fsp3) is 0.0690. The topological polar surface area (TPSA) is 98.5 Å². The fourth-order valence-electron chi connectivity index (χ4n) is 4.58. The first-order chi connectivity index (χ1) is 17.3. The molecule has 0 fully saturated rings. The summed E-state index contributed by atoms with van der Waals surface area (Å²) in [5, 5.41) is 9.24. The highest BCUT2D eigenvalue weighted by atomic mass is 16.2. The highest BCUT2D eigenvalue weighted by Gasteiger charge is 2.33. The van der Waals surface area contributed by atoms with Gasteiger partial charge in [-0.3, -0.25) is 19.2 Å². The molecule has 0 saturated carbocycles. The highest BCUT2D eigenvalue weighted by Crippen LogP contribution is 2.40. The third-order valence-corrected chi connectivity index (χ3v) is 6.62. The van der Waals surface area contributed by atoms with Gasteiger partial charge >= 0.3 is 0 Å². The average molecular weight is 473 g/mol. The predicted molar refractivity (Wildman–Crippen MR) is 133 cm³/mol. The largest absolute Gasteiger partial charge is 0.269 e. The van der Waals surface area contributed by atoms with E-state index in [1.807, 2.05) is 43.3 Å². The quantitative estimate of drug-likeness (QED) is 0.415. The van der Waals surface area contributed by atoms with E-state index in [4.69, 9.17) is 0 Å². The normalized spacial score (nSPS) is 15.2. The van der Waals surface area contributed by atoms with E-state index in [2.05, 4.69) is 6.07 Å². The summed E-state index contributed by atoms with van der Waals surface area (Å²) in [6, 6.07) is 23.7. The van der Waals surface area contributed by atoms with Crippen LogP contribution < -0.4 is 9.80 Å². The van der Waals surface area contributed by atoms with Crippen molar-refractivity contribution in [3.63, 3.8) is 0 Å². The first-order valence-corrected chi connectivity index (χ1v) is 11.2. The number of rotatable bonds is 5. The predicted octanol–water partition coefficient (Wildman–Crippen LogP) is 3.77. The van der Waals surface area contributed by atoms with E-state index >= 15 is 0 Å². The maximum Gasteiger partial charge on any atom is 0.258 e. The van der Waals surface area contributed by atoms with E-state index < -0.39 is 29.0 Å². The second-order valence-electron chi connectivity index (χ2n) is 8.60. The van der Waals surface area contributed by atoms with E-state index in [0.29, 0.717) is 16.9 Å². The van der Waals surface area contributed by atoms with E-state index in [-0.39, 0.29) is 0 Å². The first kappa shape index (κ1) is 22.7. The number of hydrogen-bond donors (Lipinski definition) is 0. The fourth-order valence-corrected chi connectivity index (χ4v) is 4.58. The lowest BCUT2D eigenvalue weighted by molar-refractivity contribution is -0.121. The number of amides is 4. The van der Waals surface area contributed by atoms with Crippen molar-refractivity contribution in [3.8, 4) is 6.07 Å². The molecule has 0 bridgehead atoms. The summed E-state index contributed by atoms with van der Waals surface area (Å²) >= 11 is 0. The van der Waals surface area contributed by atoms with Gasteiger partial charge in [0.05, 0.1) is 23.0 Å². The Kier molecular flexibility index (Phi) is 5.42. The first-order valence-electron chi connectivity index (χ1n) is 11.2. The van der Waals surface area contributed by atoms with Crippen LogP contribution in [0.3, 0.4) is 0 Å². The van der Waals surface area contributed by atoms with Gasteiger partial charge < -0.3 is 0 Å². The molecule has 7 nitrogen and oxygen atoms in total. The van der Waals surface area contributed by atoms with E-state index in [1.165, 1.54) is 24.3 Å². The summed E-state index contributed by atoms with van der Waals surface area (Å²) < 4.78 is 0. The molecule has 5 rings (SSSR count). The summed E-state index contributed by atoms with van der Waals surface area (Å²) in [7, 11) is 0. The van der Waals surface area contributed by atoms with E-state index in [1.54, 1.807) is 36.4 Å². The third kappa shape index (κ3) is 3.62. The van der Waals surface area contributed by atoms with Crippen molar-refractivity contribution in [2.24, 2.45) is 0 Å². The molecule has 0 radical (unpaired) electrons. The zero-order chi connectivity index (χ0) is 25.4. The van der Waals surface area contributed by atoms with Gasteiger partial charge in [-0.15, -0.1) is 0 Å². The van der Waals surface area contributed by atoms with Crippen LogP contribution in [0.1, 0.15) is 29.2 Å². The molecule has 0 saturated heterocycles. The number of carbonyl (C=O) groups is 4. The van der Waals surface area contributed by atoms with Gasteiger partial charge in [-0.2, -0.15) is 5.26 Å². The average Bonchev–Trinajstić information content (AvgIpc) is 3.43. The number of hydrogen-bond acceptors (Lipinski definition) is 5. The van der Waals surface area contributed by atoms with Crippen LogP contribution in [0.15, 0.2) is 97.1 Å². The summed E-state index contributed by atoms with van der Waals surface area (Å²) in [6.07, 6.45) is 4.96. The maximum atomic E-state index is 12.1. The molecule has 2 heterocycles. The van der Waals surface area contributed by atoms with Crippen LogP contribution in [0.4, 0.5) is 11.4 Å². The molecule has 0 atom stereocenters. The smallest absolute Gasteiger partial charge is 0.258 e. The molecule has 0 aromatic heterocycles. The summed E-state index contributed by atoms with van der Waals surface area (Å²) in [5.74, 6) is -1.56. The van der Waals surface area contributed by atoms with E-state index in [9.17, 15) is 24.4 Å². The minimum absolute atomic E-state index is 0.390. The molecule has 0 aliphatic carbocycles. The Balaban J connectivity index is 1.57. The van der Waals surface area contributed by atoms with Gasteiger partial charge in [-0.25, -0.2) is 9.80 Å². The monoisotopic (exact) mass is 473 g/mol. The summed E-state index contributed by atoms with van der Waals surface area (Å²) in [6.45, 7) is 2.03. The standard InChI is InChI=1S/C29H19N3O4/c1-29(20-4-2-19(18-30)3-5-20,21-6-10-23(11-7-21)31-25(33)14-15-26(31)34)22-8-12-24(13-9-22)32-27(35)16-17-28(32)36/h2-17H,1H3. The third-order valence-electron chi connectivity index (χ3n) is 6.62. The SMILES string of the molecule is CC(c1ccc(C#N)cc1)(c1ccc(N2C(=O)C=CC2=O)cc1)c1ccc(N2C(=O)C=CC2=O)cc1. The molecule has 36 heavy (non-hydrogen) atoms. The van der Waals surface area contributed by atoms with Gasteiger partial charge in [0.1, 0.15) is 0 Å². The molecule has 4 amide bonds. The molecule has 3 aromatic carbocycles. The lowest BCUT2D eigenvalue weighted by Gasteiger charge is -2.32. The second-order valence-corrected chi connectivity index (χ2v) is 8.60. The van der Waals surface area contributed by atoms with Gasteiger partial charge in [0.15, 0.2) is 0 Å². The van der Waals surface area contributed by atoms with Crippen LogP contribution in [0.25, 0.3) is 0 Å². The number of nitrogens with zero attached hydrogens (tertiary/aromatic N) is 3. The second kappa shape index (κ2) is 8.60. The molecule has 174 valence electrons. The molecule has 0 unspecified atom stereocenters. The van der Waals surface area contributed by atoms with Crippen LogP contribution in [0, 0.1) is 11.3 Å². The molecule has 0 N–H and O–H groups in total.